The topological polar surface area (TPSA) is 116 Å². The minimum atomic E-state index is -0.877. The van der Waals surface area contributed by atoms with Crippen LogP contribution in [0.1, 0.15) is 31.1 Å². The molecule has 3 rings (SSSR count). The number of ketones is 1. The molecule has 1 heterocycles. The molecule has 1 aliphatic rings. The number of carbonyl (C=O) groups excluding carboxylic acids is 3. The smallest absolute Gasteiger partial charge is 0.282 e. The summed E-state index contributed by atoms with van der Waals surface area (Å²) in [6, 6.07) is 8.33. The van der Waals surface area contributed by atoms with E-state index in [0.717, 1.165) is 6.07 Å². The highest BCUT2D eigenvalue weighted by Gasteiger charge is 2.41. The summed E-state index contributed by atoms with van der Waals surface area (Å²) in [7, 11) is 2.81. The number of imide groups is 1. The molecule has 2 aromatic carbocycles. The van der Waals surface area contributed by atoms with Gasteiger partial charge in [0.15, 0.2) is 5.78 Å². The zero-order valence-corrected chi connectivity index (χ0v) is 14.4. The van der Waals surface area contributed by atoms with Crippen molar-refractivity contribution in [3.63, 3.8) is 0 Å². The lowest BCUT2D eigenvalue weighted by Crippen LogP contribution is -2.35. The number of Topliss-reactive ketones (excluding diaryl/α,β-unsaturated/α-hetero) is 1. The van der Waals surface area contributed by atoms with Gasteiger partial charge in [0, 0.05) is 6.07 Å². The van der Waals surface area contributed by atoms with Gasteiger partial charge in [0.1, 0.15) is 17.1 Å². The van der Waals surface area contributed by atoms with Gasteiger partial charge in [-0.2, -0.15) is 0 Å². The van der Waals surface area contributed by atoms with Crippen LogP contribution < -0.4 is 9.47 Å². The van der Waals surface area contributed by atoms with Crippen molar-refractivity contribution < 1.29 is 28.8 Å². The molecule has 9 heteroatoms. The van der Waals surface area contributed by atoms with Crippen molar-refractivity contribution >= 4 is 23.3 Å². The molecule has 0 aliphatic carbocycles. The summed E-state index contributed by atoms with van der Waals surface area (Å²) >= 11 is 0. The van der Waals surface area contributed by atoms with Crippen LogP contribution in [0.3, 0.4) is 0 Å². The van der Waals surface area contributed by atoms with Gasteiger partial charge in [-0.25, -0.2) is 0 Å². The highest BCUT2D eigenvalue weighted by molar-refractivity contribution is 6.24. The van der Waals surface area contributed by atoms with Gasteiger partial charge in [-0.1, -0.05) is 6.07 Å². The van der Waals surface area contributed by atoms with Crippen molar-refractivity contribution in [2.45, 2.75) is 0 Å². The van der Waals surface area contributed by atoms with Crippen molar-refractivity contribution in [1.82, 2.24) is 4.90 Å². The maximum atomic E-state index is 12.7. The predicted molar refractivity (Wildman–Crippen MR) is 92.3 cm³/mol. The SMILES string of the molecule is COc1ccc(OC)c(C(=O)CN2C(=O)c3cccc([N+](=O)[O-])c3C2=O)c1. The van der Waals surface area contributed by atoms with Gasteiger partial charge < -0.3 is 9.47 Å². The lowest BCUT2D eigenvalue weighted by atomic mass is 10.1. The number of methoxy groups -OCH3 is 2. The first-order valence-corrected chi connectivity index (χ1v) is 7.77. The van der Waals surface area contributed by atoms with Gasteiger partial charge in [0.05, 0.1) is 36.8 Å². The second kappa shape index (κ2) is 6.87. The van der Waals surface area contributed by atoms with E-state index in [-0.39, 0.29) is 22.4 Å². The van der Waals surface area contributed by atoms with Crippen LogP contribution in [-0.2, 0) is 0 Å². The zero-order chi connectivity index (χ0) is 19.7. The van der Waals surface area contributed by atoms with Crippen LogP contribution in [0.15, 0.2) is 36.4 Å². The normalized spacial score (nSPS) is 12.7. The minimum Gasteiger partial charge on any atom is -0.497 e. The van der Waals surface area contributed by atoms with E-state index in [2.05, 4.69) is 0 Å². The van der Waals surface area contributed by atoms with Crippen LogP contribution in [0.4, 0.5) is 5.69 Å². The van der Waals surface area contributed by atoms with Gasteiger partial charge in [-0.15, -0.1) is 0 Å². The molecule has 9 nitrogen and oxygen atoms in total. The van der Waals surface area contributed by atoms with Crippen LogP contribution in [0.25, 0.3) is 0 Å². The summed E-state index contributed by atoms with van der Waals surface area (Å²) in [5.74, 6) is -1.55. The summed E-state index contributed by atoms with van der Waals surface area (Å²) in [5, 5.41) is 11.1. The number of ether oxygens (including phenoxy) is 2. The number of benzene rings is 2. The number of amides is 2. The van der Waals surface area contributed by atoms with Gasteiger partial charge in [0.2, 0.25) is 0 Å². The third-order valence-electron chi connectivity index (χ3n) is 4.18. The summed E-state index contributed by atoms with van der Waals surface area (Å²) in [5.41, 5.74) is -0.750. The van der Waals surface area contributed by atoms with E-state index in [1.807, 2.05) is 0 Å². The highest BCUT2D eigenvalue weighted by Crippen LogP contribution is 2.31. The summed E-state index contributed by atoms with van der Waals surface area (Å²) in [6.45, 7) is -0.576. The molecule has 2 amide bonds. The summed E-state index contributed by atoms with van der Waals surface area (Å²) in [6.07, 6.45) is 0. The fourth-order valence-corrected chi connectivity index (χ4v) is 2.87. The fraction of sp³-hybridized carbons (Fsp3) is 0.167. The zero-order valence-electron chi connectivity index (χ0n) is 14.4. The Labute approximate surface area is 153 Å². The number of fused-ring (bicyclic) bond motifs is 1. The molecule has 138 valence electrons. The first-order chi connectivity index (χ1) is 12.9. The van der Waals surface area contributed by atoms with Crippen LogP contribution >= 0.6 is 0 Å². The number of nitro groups is 1. The van der Waals surface area contributed by atoms with Crippen molar-refractivity contribution in [3.05, 3.63) is 63.2 Å². The standard InChI is InChI=1S/C18H14N2O7/c1-26-10-6-7-15(27-2)12(8-10)14(21)9-19-17(22)11-4-3-5-13(20(24)25)16(11)18(19)23/h3-8H,9H2,1-2H3. The summed E-state index contributed by atoms with van der Waals surface area (Å²) < 4.78 is 10.2. The first-order valence-electron chi connectivity index (χ1n) is 7.77. The van der Waals surface area contributed by atoms with E-state index in [1.165, 1.54) is 38.5 Å². The van der Waals surface area contributed by atoms with E-state index in [1.54, 1.807) is 6.07 Å². The second-order valence-corrected chi connectivity index (χ2v) is 5.64. The summed E-state index contributed by atoms with van der Waals surface area (Å²) in [4.78, 5) is 48.9. The highest BCUT2D eigenvalue weighted by atomic mass is 16.6. The molecule has 0 unspecified atom stereocenters. The average Bonchev–Trinajstić information content (AvgIpc) is 2.92. The van der Waals surface area contributed by atoms with E-state index in [9.17, 15) is 24.5 Å². The number of carbonyl (C=O) groups is 3. The van der Waals surface area contributed by atoms with Crippen molar-refractivity contribution in [3.8, 4) is 11.5 Å². The molecular weight excluding hydrogens is 356 g/mol. The van der Waals surface area contributed by atoms with Crippen molar-refractivity contribution in [2.75, 3.05) is 20.8 Å². The van der Waals surface area contributed by atoms with E-state index in [4.69, 9.17) is 9.47 Å². The lowest BCUT2D eigenvalue weighted by Gasteiger charge is -2.15. The first kappa shape index (κ1) is 18.1. The van der Waals surface area contributed by atoms with Gasteiger partial charge >= 0.3 is 0 Å². The maximum Gasteiger partial charge on any atom is 0.282 e. The molecule has 0 saturated carbocycles. The molecule has 0 bridgehead atoms. The Kier molecular flexibility index (Phi) is 4.59. The van der Waals surface area contributed by atoms with Crippen LogP contribution in [0.5, 0.6) is 11.5 Å². The van der Waals surface area contributed by atoms with E-state index >= 15 is 0 Å². The van der Waals surface area contributed by atoms with Gasteiger partial charge in [0.25, 0.3) is 17.5 Å². The van der Waals surface area contributed by atoms with Gasteiger partial charge in [-0.3, -0.25) is 29.4 Å². The largest absolute Gasteiger partial charge is 0.497 e. The quantitative estimate of drug-likeness (QED) is 0.331. The predicted octanol–water partition coefficient (Wildman–Crippen LogP) is 2.09. The lowest BCUT2D eigenvalue weighted by molar-refractivity contribution is -0.385. The van der Waals surface area contributed by atoms with Crippen LogP contribution in [0, 0.1) is 10.1 Å². The minimum absolute atomic E-state index is 0.0976. The third-order valence-corrected chi connectivity index (χ3v) is 4.18. The van der Waals surface area contributed by atoms with Crippen LogP contribution in [0.2, 0.25) is 0 Å². The molecule has 0 fully saturated rings. The number of nitro benzene ring substituents is 1. The fourth-order valence-electron chi connectivity index (χ4n) is 2.87. The number of hydrogen-bond acceptors (Lipinski definition) is 7. The van der Waals surface area contributed by atoms with E-state index < -0.39 is 34.8 Å². The Bertz CT molecular complexity index is 984. The van der Waals surface area contributed by atoms with Crippen LogP contribution in [-0.4, -0.2) is 48.2 Å². The molecule has 1 aliphatic heterocycles. The molecule has 0 atom stereocenters. The molecular formula is C18H14N2O7. The molecule has 0 N–H and O–H groups in total. The van der Waals surface area contributed by atoms with E-state index in [0.29, 0.717) is 10.6 Å². The van der Waals surface area contributed by atoms with Crippen molar-refractivity contribution in [2.24, 2.45) is 0 Å². The monoisotopic (exact) mass is 370 g/mol. The molecule has 27 heavy (non-hydrogen) atoms. The second-order valence-electron chi connectivity index (χ2n) is 5.64. The maximum absolute atomic E-state index is 12.7. The Morgan fingerprint density at radius 2 is 1.85 bits per heavy atom. The molecule has 0 aromatic heterocycles. The number of hydrogen-bond donors (Lipinski definition) is 0. The molecule has 2 aromatic rings. The molecule has 0 saturated heterocycles. The van der Waals surface area contributed by atoms with Gasteiger partial charge in [-0.05, 0) is 24.3 Å². The Hall–Kier alpha value is -3.75. The third kappa shape index (κ3) is 2.99. The number of nitrogens with zero attached hydrogens (tertiary/aromatic N) is 2. The Balaban J connectivity index is 1.95. The Morgan fingerprint density at radius 1 is 1.11 bits per heavy atom. The Morgan fingerprint density at radius 3 is 2.48 bits per heavy atom. The van der Waals surface area contributed by atoms with Crippen molar-refractivity contribution in [1.29, 1.82) is 0 Å². The average molecular weight is 370 g/mol. The number of rotatable bonds is 6. The molecule has 0 spiro atoms. The molecule has 0 radical (unpaired) electrons.